The summed E-state index contributed by atoms with van der Waals surface area (Å²) in [7, 11) is 4.06. The van der Waals surface area contributed by atoms with E-state index in [2.05, 4.69) is 17.3 Å². The molecule has 2 atom stereocenters. The fraction of sp³-hybridized carbons (Fsp3) is 0.455. The van der Waals surface area contributed by atoms with E-state index in [0.717, 1.165) is 42.1 Å². The Kier molecular flexibility index (Phi) is 3.76. The number of hydrogen-bond donors (Lipinski definition) is 1. The van der Waals surface area contributed by atoms with Gasteiger partial charge in [0, 0.05) is 52.8 Å². The average Bonchev–Trinajstić information content (AvgIpc) is 2.66. The number of nitrogens with zero attached hydrogens (tertiary/aromatic N) is 2. The Hall–Kier alpha value is -2.40. The van der Waals surface area contributed by atoms with Gasteiger partial charge in [0.15, 0.2) is 0 Å². The highest BCUT2D eigenvalue weighted by Crippen LogP contribution is 2.39. The Morgan fingerprint density at radius 3 is 2.26 bits per heavy atom. The fourth-order valence-corrected chi connectivity index (χ4v) is 5.46. The predicted octanol–water partition coefficient (Wildman–Crippen LogP) is 3.49. The van der Waals surface area contributed by atoms with Crippen molar-refractivity contribution in [1.82, 2.24) is 9.80 Å². The molecule has 2 aromatic rings. The molecule has 2 bridgehead atoms. The van der Waals surface area contributed by atoms with E-state index in [0.29, 0.717) is 23.2 Å². The first-order chi connectivity index (χ1) is 13.1. The second-order valence-corrected chi connectivity index (χ2v) is 8.15. The van der Waals surface area contributed by atoms with Crippen LogP contribution in [0.2, 0.25) is 0 Å². The number of carbonyl (C=O) groups excluding carboxylic acids is 2. The van der Waals surface area contributed by atoms with Gasteiger partial charge in [-0.15, -0.1) is 0 Å². The molecular formula is C22H25N3O2. The largest absolute Gasteiger partial charge is 0.388 e. The van der Waals surface area contributed by atoms with Crippen LogP contribution in [0.4, 0.5) is 5.69 Å². The number of amides is 2. The molecule has 3 aliphatic rings. The molecule has 0 saturated carbocycles. The van der Waals surface area contributed by atoms with Crippen LogP contribution in [0, 0.1) is 0 Å². The summed E-state index contributed by atoms with van der Waals surface area (Å²) in [6.07, 6.45) is 5.37. The van der Waals surface area contributed by atoms with Crippen LogP contribution >= 0.6 is 0 Å². The van der Waals surface area contributed by atoms with Crippen LogP contribution in [0.5, 0.6) is 0 Å². The lowest BCUT2D eigenvalue weighted by Gasteiger charge is -2.49. The Labute approximate surface area is 159 Å². The van der Waals surface area contributed by atoms with Crippen molar-refractivity contribution in [3.8, 4) is 0 Å². The zero-order valence-electron chi connectivity index (χ0n) is 15.9. The number of piperidine rings is 2. The lowest BCUT2D eigenvalue weighted by molar-refractivity contribution is 0.0108. The minimum atomic E-state index is -0.126. The van der Waals surface area contributed by atoms with Crippen molar-refractivity contribution in [1.29, 1.82) is 0 Å². The zero-order chi connectivity index (χ0) is 18.7. The molecule has 3 aliphatic heterocycles. The molecule has 2 unspecified atom stereocenters. The number of nitrogens with one attached hydrogen (secondary N) is 1. The SMILES string of the molecule is CNc1ccc2c3c(cccc13)C(=O)N(C1CC3CCCC(C1)N3C)C2=O. The van der Waals surface area contributed by atoms with E-state index in [4.69, 9.17) is 0 Å². The number of rotatable bonds is 2. The number of benzene rings is 2. The molecule has 5 heteroatoms. The maximum Gasteiger partial charge on any atom is 0.261 e. The van der Waals surface area contributed by atoms with Gasteiger partial charge >= 0.3 is 0 Å². The molecule has 1 N–H and O–H groups in total. The van der Waals surface area contributed by atoms with Crippen LogP contribution in [-0.2, 0) is 0 Å². The van der Waals surface area contributed by atoms with Crippen molar-refractivity contribution >= 4 is 28.3 Å². The van der Waals surface area contributed by atoms with E-state index in [1.165, 1.54) is 6.42 Å². The summed E-state index contributed by atoms with van der Waals surface area (Å²) < 4.78 is 0. The van der Waals surface area contributed by atoms with E-state index >= 15 is 0 Å². The van der Waals surface area contributed by atoms with Gasteiger partial charge in [0.05, 0.1) is 0 Å². The van der Waals surface area contributed by atoms with Crippen molar-refractivity contribution in [2.75, 3.05) is 19.4 Å². The molecule has 0 spiro atoms. The molecule has 27 heavy (non-hydrogen) atoms. The first-order valence-electron chi connectivity index (χ1n) is 9.93. The maximum absolute atomic E-state index is 13.4. The highest BCUT2D eigenvalue weighted by Gasteiger charge is 2.44. The zero-order valence-corrected chi connectivity index (χ0v) is 15.9. The highest BCUT2D eigenvalue weighted by molar-refractivity contribution is 6.26. The Bertz CT molecular complexity index is 918. The summed E-state index contributed by atoms with van der Waals surface area (Å²) in [6, 6.07) is 10.5. The van der Waals surface area contributed by atoms with E-state index in [9.17, 15) is 9.59 Å². The maximum atomic E-state index is 13.4. The molecule has 0 aromatic heterocycles. The summed E-state index contributed by atoms with van der Waals surface area (Å²) in [5.41, 5.74) is 2.25. The molecule has 5 rings (SSSR count). The molecule has 2 fully saturated rings. The number of hydrogen-bond acceptors (Lipinski definition) is 4. The third-order valence-electron chi connectivity index (χ3n) is 6.89. The van der Waals surface area contributed by atoms with E-state index in [1.54, 1.807) is 4.90 Å². The van der Waals surface area contributed by atoms with Crippen molar-refractivity contribution < 1.29 is 9.59 Å². The summed E-state index contributed by atoms with van der Waals surface area (Å²) in [5, 5.41) is 4.90. The van der Waals surface area contributed by atoms with Crippen LogP contribution in [0.25, 0.3) is 10.8 Å². The van der Waals surface area contributed by atoms with Crippen LogP contribution in [0.3, 0.4) is 0 Å². The lowest BCUT2D eigenvalue weighted by Crippen LogP contribution is -2.58. The second kappa shape index (κ2) is 6.06. The van der Waals surface area contributed by atoms with Crippen molar-refractivity contribution in [2.45, 2.75) is 50.2 Å². The van der Waals surface area contributed by atoms with E-state index in [-0.39, 0.29) is 17.9 Å². The topological polar surface area (TPSA) is 52.7 Å². The van der Waals surface area contributed by atoms with Crippen molar-refractivity contribution in [3.05, 3.63) is 41.5 Å². The molecule has 2 aromatic carbocycles. The number of fused-ring (bicyclic) bond motifs is 2. The van der Waals surface area contributed by atoms with Gasteiger partial charge in [0.1, 0.15) is 0 Å². The molecule has 2 amide bonds. The second-order valence-electron chi connectivity index (χ2n) is 8.15. The molecule has 3 heterocycles. The van der Waals surface area contributed by atoms with Gasteiger partial charge in [-0.25, -0.2) is 0 Å². The van der Waals surface area contributed by atoms with E-state index < -0.39 is 0 Å². The molecule has 5 nitrogen and oxygen atoms in total. The smallest absolute Gasteiger partial charge is 0.261 e. The fourth-order valence-electron chi connectivity index (χ4n) is 5.46. The van der Waals surface area contributed by atoms with Crippen LogP contribution in [-0.4, -0.2) is 53.8 Å². The van der Waals surface area contributed by atoms with Gasteiger partial charge in [-0.1, -0.05) is 18.6 Å². The first-order valence-corrected chi connectivity index (χ1v) is 9.93. The monoisotopic (exact) mass is 363 g/mol. The summed E-state index contributed by atoms with van der Waals surface area (Å²) in [5.74, 6) is -0.252. The Balaban J connectivity index is 1.59. The predicted molar refractivity (Wildman–Crippen MR) is 106 cm³/mol. The summed E-state index contributed by atoms with van der Waals surface area (Å²) >= 11 is 0. The molecule has 140 valence electrons. The van der Waals surface area contributed by atoms with Gasteiger partial charge < -0.3 is 10.2 Å². The third-order valence-corrected chi connectivity index (χ3v) is 6.89. The quantitative estimate of drug-likeness (QED) is 0.830. The standard InChI is InChI=1S/C22H25N3O2/c1-23-19-10-9-18-20-16(19)7-4-8-17(20)21(26)25(22(18)27)15-11-13-5-3-6-14(12-15)24(13)2/h4,7-10,13-15,23H,3,5-6,11-12H2,1-2H3. The van der Waals surface area contributed by atoms with Crippen LogP contribution in [0.15, 0.2) is 30.3 Å². The average molecular weight is 363 g/mol. The summed E-state index contributed by atoms with van der Waals surface area (Å²) in [4.78, 5) is 30.8. The lowest BCUT2D eigenvalue weighted by atomic mass is 9.80. The summed E-state index contributed by atoms with van der Waals surface area (Å²) in [6.45, 7) is 0. The van der Waals surface area contributed by atoms with Gasteiger partial charge in [-0.05, 0) is 50.9 Å². The molecular weight excluding hydrogens is 338 g/mol. The van der Waals surface area contributed by atoms with E-state index in [1.807, 2.05) is 37.4 Å². The Morgan fingerprint density at radius 1 is 0.926 bits per heavy atom. The highest BCUT2D eigenvalue weighted by atomic mass is 16.2. The minimum Gasteiger partial charge on any atom is -0.388 e. The van der Waals surface area contributed by atoms with Crippen LogP contribution < -0.4 is 5.32 Å². The van der Waals surface area contributed by atoms with Gasteiger partial charge in [-0.3, -0.25) is 14.5 Å². The van der Waals surface area contributed by atoms with Crippen LogP contribution in [0.1, 0.15) is 52.8 Å². The minimum absolute atomic E-state index is 0.00360. The third kappa shape index (κ3) is 2.34. The van der Waals surface area contributed by atoms with Gasteiger partial charge in [-0.2, -0.15) is 0 Å². The molecule has 0 aliphatic carbocycles. The van der Waals surface area contributed by atoms with Gasteiger partial charge in [0.25, 0.3) is 11.8 Å². The van der Waals surface area contributed by atoms with Crippen molar-refractivity contribution in [3.63, 3.8) is 0 Å². The Morgan fingerprint density at radius 2 is 1.59 bits per heavy atom. The molecule has 0 radical (unpaired) electrons. The number of anilines is 1. The first kappa shape index (κ1) is 16.8. The number of imide groups is 1. The molecule has 2 saturated heterocycles. The normalized spacial score (nSPS) is 27.9. The van der Waals surface area contributed by atoms with Gasteiger partial charge in [0.2, 0.25) is 0 Å². The number of carbonyl (C=O) groups is 2. The van der Waals surface area contributed by atoms with Crippen molar-refractivity contribution in [2.24, 2.45) is 0 Å².